The molecule has 0 fully saturated rings. The lowest BCUT2D eigenvalue weighted by atomic mass is 10.4. The van der Waals surface area contributed by atoms with Crippen molar-refractivity contribution in [3.63, 3.8) is 0 Å². The van der Waals surface area contributed by atoms with E-state index in [1.54, 1.807) is 24.5 Å². The van der Waals surface area contributed by atoms with E-state index in [1.165, 1.54) is 11.6 Å². The molecule has 0 radical (unpaired) electrons. The highest BCUT2D eigenvalue weighted by Crippen LogP contribution is 1.87. The first kappa shape index (κ1) is 7.81. The van der Waals surface area contributed by atoms with E-state index < -0.39 is 12.0 Å². The fourth-order valence-electron chi connectivity index (χ4n) is 0.630. The Morgan fingerprint density at radius 1 is 1.55 bits per heavy atom. The summed E-state index contributed by atoms with van der Waals surface area (Å²) in [6, 6.07) is 3.56. The van der Waals surface area contributed by atoms with Crippen LogP contribution in [0.5, 0.6) is 0 Å². The molecule has 0 saturated carbocycles. The van der Waals surface area contributed by atoms with Crippen LogP contribution in [-0.2, 0) is 4.79 Å². The van der Waals surface area contributed by atoms with Crippen LogP contribution in [0.4, 0.5) is 0 Å². The summed E-state index contributed by atoms with van der Waals surface area (Å²) < 4.78 is 1.48. The molecule has 1 atom stereocenters. The van der Waals surface area contributed by atoms with Crippen LogP contribution < -0.4 is 5.43 Å². The second kappa shape index (κ2) is 3.21. The van der Waals surface area contributed by atoms with Crippen LogP contribution in [0.1, 0.15) is 6.92 Å². The third-order valence-corrected chi connectivity index (χ3v) is 1.22. The molecule has 60 valence electrons. The van der Waals surface area contributed by atoms with Crippen molar-refractivity contribution in [3.8, 4) is 0 Å². The number of hydrogen-bond donors (Lipinski definition) is 2. The van der Waals surface area contributed by atoms with Crippen LogP contribution >= 0.6 is 0 Å². The number of carbonyl (C=O) groups excluding carboxylic acids is 1. The van der Waals surface area contributed by atoms with Gasteiger partial charge in [-0.05, 0) is 19.1 Å². The molecule has 0 bridgehead atoms. The standard InChI is InChI=1S/C7H10N2O2/c1-6(10)7(11)8-9-4-2-3-5-9/h2-6,10H,1H3,(H,8,11)/t6-/m1/s1. The molecular formula is C7H10N2O2. The molecule has 0 aliphatic carbocycles. The van der Waals surface area contributed by atoms with E-state index >= 15 is 0 Å². The lowest BCUT2D eigenvalue weighted by molar-refractivity contribution is -0.124. The largest absolute Gasteiger partial charge is 0.383 e. The zero-order valence-electron chi connectivity index (χ0n) is 6.19. The smallest absolute Gasteiger partial charge is 0.267 e. The third kappa shape index (κ3) is 2.09. The summed E-state index contributed by atoms with van der Waals surface area (Å²) in [6.45, 7) is 1.42. The van der Waals surface area contributed by atoms with Gasteiger partial charge in [-0.3, -0.25) is 14.9 Å². The number of rotatable bonds is 2. The van der Waals surface area contributed by atoms with Gasteiger partial charge in [-0.25, -0.2) is 0 Å². The van der Waals surface area contributed by atoms with Gasteiger partial charge >= 0.3 is 0 Å². The van der Waals surface area contributed by atoms with Gasteiger partial charge in [-0.2, -0.15) is 0 Å². The molecule has 1 aromatic rings. The monoisotopic (exact) mass is 154 g/mol. The first-order chi connectivity index (χ1) is 5.20. The first-order valence-corrected chi connectivity index (χ1v) is 3.32. The molecule has 4 nitrogen and oxygen atoms in total. The molecule has 1 rings (SSSR count). The molecule has 0 aromatic carbocycles. The van der Waals surface area contributed by atoms with Gasteiger partial charge in [-0.1, -0.05) is 0 Å². The molecular weight excluding hydrogens is 144 g/mol. The second-order valence-corrected chi connectivity index (χ2v) is 2.24. The lowest BCUT2D eigenvalue weighted by Gasteiger charge is -2.06. The summed E-state index contributed by atoms with van der Waals surface area (Å²) >= 11 is 0. The van der Waals surface area contributed by atoms with E-state index in [9.17, 15) is 4.79 Å². The quantitative estimate of drug-likeness (QED) is 0.627. The number of nitrogens with one attached hydrogen (secondary N) is 1. The van der Waals surface area contributed by atoms with Gasteiger partial charge in [0.05, 0.1) is 0 Å². The molecule has 0 saturated heterocycles. The average molecular weight is 154 g/mol. The number of nitrogens with zero attached hydrogens (tertiary/aromatic N) is 1. The molecule has 1 aromatic heterocycles. The number of aliphatic hydroxyl groups excluding tert-OH is 1. The van der Waals surface area contributed by atoms with Crippen LogP contribution in [-0.4, -0.2) is 21.8 Å². The summed E-state index contributed by atoms with van der Waals surface area (Å²) in [5, 5.41) is 8.79. The first-order valence-electron chi connectivity index (χ1n) is 3.32. The van der Waals surface area contributed by atoms with Crippen molar-refractivity contribution in [2.75, 3.05) is 5.43 Å². The highest BCUT2D eigenvalue weighted by Gasteiger charge is 2.06. The van der Waals surface area contributed by atoms with Crippen molar-refractivity contribution in [3.05, 3.63) is 24.5 Å². The van der Waals surface area contributed by atoms with Crippen LogP contribution in [0, 0.1) is 0 Å². The number of carbonyl (C=O) groups is 1. The Morgan fingerprint density at radius 2 is 2.09 bits per heavy atom. The van der Waals surface area contributed by atoms with Crippen LogP contribution in [0.2, 0.25) is 0 Å². The summed E-state index contributed by atoms with van der Waals surface area (Å²) in [6.07, 6.45) is 2.39. The highest BCUT2D eigenvalue weighted by molar-refractivity contribution is 5.87. The molecule has 0 spiro atoms. The summed E-state index contributed by atoms with van der Waals surface area (Å²) in [7, 11) is 0. The number of aromatic nitrogens is 1. The van der Waals surface area contributed by atoms with Crippen molar-refractivity contribution in [2.24, 2.45) is 0 Å². The van der Waals surface area contributed by atoms with Crippen molar-refractivity contribution in [2.45, 2.75) is 13.0 Å². The molecule has 0 unspecified atom stereocenters. The maximum Gasteiger partial charge on any atom is 0.267 e. The Kier molecular flexibility index (Phi) is 2.28. The van der Waals surface area contributed by atoms with Gasteiger partial charge in [0.2, 0.25) is 0 Å². The Hall–Kier alpha value is -1.29. The van der Waals surface area contributed by atoms with E-state index in [2.05, 4.69) is 5.43 Å². The number of hydrogen-bond acceptors (Lipinski definition) is 2. The fraction of sp³-hybridized carbons (Fsp3) is 0.286. The van der Waals surface area contributed by atoms with E-state index in [4.69, 9.17) is 5.11 Å². The molecule has 1 amide bonds. The molecule has 0 aliphatic heterocycles. The fourth-order valence-corrected chi connectivity index (χ4v) is 0.630. The maximum atomic E-state index is 10.8. The van der Waals surface area contributed by atoms with E-state index in [-0.39, 0.29) is 0 Å². The summed E-state index contributed by atoms with van der Waals surface area (Å²) in [4.78, 5) is 10.8. The lowest BCUT2D eigenvalue weighted by Crippen LogP contribution is -2.30. The minimum Gasteiger partial charge on any atom is -0.383 e. The molecule has 0 aliphatic rings. The zero-order chi connectivity index (χ0) is 8.27. The van der Waals surface area contributed by atoms with Gasteiger partial charge in [0.25, 0.3) is 5.91 Å². The molecule has 2 N–H and O–H groups in total. The van der Waals surface area contributed by atoms with Gasteiger partial charge in [-0.15, -0.1) is 0 Å². The Morgan fingerprint density at radius 3 is 2.55 bits per heavy atom. The topological polar surface area (TPSA) is 54.3 Å². The zero-order valence-corrected chi connectivity index (χ0v) is 6.19. The SMILES string of the molecule is C[C@@H](O)C(=O)Nn1cccc1. The van der Waals surface area contributed by atoms with Crippen molar-refractivity contribution >= 4 is 5.91 Å². The van der Waals surface area contributed by atoms with E-state index in [1.807, 2.05) is 0 Å². The van der Waals surface area contributed by atoms with Crippen LogP contribution in [0.15, 0.2) is 24.5 Å². The van der Waals surface area contributed by atoms with E-state index in [0.717, 1.165) is 0 Å². The Bertz CT molecular complexity index is 229. The van der Waals surface area contributed by atoms with Crippen LogP contribution in [0.3, 0.4) is 0 Å². The Labute approximate surface area is 64.4 Å². The van der Waals surface area contributed by atoms with Gasteiger partial charge in [0, 0.05) is 12.4 Å². The summed E-state index contributed by atoms with van der Waals surface area (Å²) in [5.41, 5.74) is 2.45. The van der Waals surface area contributed by atoms with Gasteiger partial charge in [0.15, 0.2) is 0 Å². The number of aliphatic hydroxyl groups is 1. The van der Waals surface area contributed by atoms with Gasteiger partial charge < -0.3 is 5.11 Å². The average Bonchev–Trinajstić information content (AvgIpc) is 2.39. The molecule has 4 heteroatoms. The molecule has 1 heterocycles. The Balaban J connectivity index is 2.50. The minimum absolute atomic E-state index is 0.416. The van der Waals surface area contributed by atoms with Crippen LogP contribution in [0.25, 0.3) is 0 Å². The number of amides is 1. The van der Waals surface area contributed by atoms with Gasteiger partial charge in [0.1, 0.15) is 6.10 Å². The predicted octanol–water partition coefficient (Wildman–Crippen LogP) is -0.0610. The third-order valence-electron chi connectivity index (χ3n) is 1.22. The van der Waals surface area contributed by atoms with Crippen molar-refractivity contribution in [1.29, 1.82) is 0 Å². The second-order valence-electron chi connectivity index (χ2n) is 2.24. The minimum atomic E-state index is -0.975. The predicted molar refractivity (Wildman–Crippen MR) is 40.5 cm³/mol. The highest BCUT2D eigenvalue weighted by atomic mass is 16.3. The normalized spacial score (nSPS) is 12.5. The van der Waals surface area contributed by atoms with Crippen molar-refractivity contribution in [1.82, 2.24) is 4.68 Å². The van der Waals surface area contributed by atoms with Crippen molar-refractivity contribution < 1.29 is 9.90 Å². The van der Waals surface area contributed by atoms with E-state index in [0.29, 0.717) is 0 Å². The maximum absolute atomic E-state index is 10.8. The molecule has 11 heavy (non-hydrogen) atoms. The summed E-state index contributed by atoms with van der Waals surface area (Å²) in [5.74, 6) is -0.416.